The minimum Gasteiger partial charge on any atom is -0.485 e. The molecule has 1 aliphatic heterocycles. The minimum absolute atomic E-state index is 0.118. The average molecular weight is 424 g/mol. The van der Waals surface area contributed by atoms with E-state index in [-0.39, 0.29) is 37.4 Å². The Hall–Kier alpha value is -3.35. The number of nitrogens with one attached hydrogen (secondary N) is 1. The lowest BCUT2D eigenvalue weighted by molar-refractivity contribution is -0.125. The molecule has 0 unspecified atom stereocenters. The van der Waals surface area contributed by atoms with Crippen LogP contribution in [0.2, 0.25) is 0 Å². The minimum atomic E-state index is -0.327. The molecular formula is C24H28N2O5. The van der Waals surface area contributed by atoms with Crippen LogP contribution in [0.4, 0.5) is 5.69 Å². The highest BCUT2D eigenvalue weighted by atomic mass is 16.5. The number of amides is 2. The number of aryl methyl sites for hydroxylation is 1. The first-order valence-corrected chi connectivity index (χ1v) is 10.6. The van der Waals surface area contributed by atoms with Gasteiger partial charge in [0.15, 0.2) is 19.0 Å². The molecule has 0 spiro atoms. The average Bonchev–Trinajstić information content (AvgIpc) is 2.78. The van der Waals surface area contributed by atoms with E-state index in [9.17, 15) is 14.4 Å². The SMILES string of the molecule is CCCNC(=O)CN1C(=O)COc2ccc(C(=O)COc3ccc(CCC)cc3)cc21. The van der Waals surface area contributed by atoms with Gasteiger partial charge in [0.05, 0.1) is 5.69 Å². The van der Waals surface area contributed by atoms with E-state index in [1.807, 2.05) is 31.2 Å². The number of carbonyl (C=O) groups is 3. The Kier molecular flexibility index (Phi) is 7.65. The van der Waals surface area contributed by atoms with Gasteiger partial charge in [0.25, 0.3) is 5.91 Å². The highest BCUT2D eigenvalue weighted by Crippen LogP contribution is 2.33. The zero-order valence-corrected chi connectivity index (χ0v) is 18.0. The fraction of sp³-hybridized carbons (Fsp3) is 0.375. The third-order valence-corrected chi connectivity index (χ3v) is 4.93. The third-order valence-electron chi connectivity index (χ3n) is 4.93. The van der Waals surface area contributed by atoms with Crippen LogP contribution in [0.5, 0.6) is 11.5 Å². The Bertz CT molecular complexity index is 939. The first-order chi connectivity index (χ1) is 15.0. The molecule has 0 saturated carbocycles. The second kappa shape index (κ2) is 10.6. The number of hydrogen-bond acceptors (Lipinski definition) is 5. The summed E-state index contributed by atoms with van der Waals surface area (Å²) in [7, 11) is 0. The summed E-state index contributed by atoms with van der Waals surface area (Å²) in [6.45, 7) is 4.23. The van der Waals surface area contributed by atoms with Crippen molar-refractivity contribution < 1.29 is 23.9 Å². The number of rotatable bonds is 10. The topological polar surface area (TPSA) is 84.9 Å². The molecular weight excluding hydrogens is 396 g/mol. The van der Waals surface area contributed by atoms with Gasteiger partial charge in [0.2, 0.25) is 5.91 Å². The molecule has 2 aromatic carbocycles. The molecule has 7 nitrogen and oxygen atoms in total. The van der Waals surface area contributed by atoms with Gasteiger partial charge in [-0.1, -0.05) is 32.4 Å². The van der Waals surface area contributed by atoms with E-state index < -0.39 is 0 Å². The maximum Gasteiger partial charge on any atom is 0.265 e. The second-order valence-corrected chi connectivity index (χ2v) is 7.41. The summed E-state index contributed by atoms with van der Waals surface area (Å²) in [5.74, 6) is 0.279. The molecule has 0 atom stereocenters. The van der Waals surface area contributed by atoms with E-state index in [0.717, 1.165) is 19.3 Å². The van der Waals surface area contributed by atoms with Gasteiger partial charge < -0.3 is 14.8 Å². The fourth-order valence-corrected chi connectivity index (χ4v) is 3.29. The molecule has 0 aromatic heterocycles. The Morgan fingerprint density at radius 1 is 1.10 bits per heavy atom. The van der Waals surface area contributed by atoms with Crippen LogP contribution >= 0.6 is 0 Å². The van der Waals surface area contributed by atoms with Crippen LogP contribution in [0, 0.1) is 0 Å². The van der Waals surface area contributed by atoms with Crippen LogP contribution in [0.3, 0.4) is 0 Å². The zero-order chi connectivity index (χ0) is 22.2. The summed E-state index contributed by atoms with van der Waals surface area (Å²) in [6.07, 6.45) is 2.88. The molecule has 1 heterocycles. The molecule has 0 fully saturated rings. The summed E-state index contributed by atoms with van der Waals surface area (Å²) in [4.78, 5) is 38.5. The number of carbonyl (C=O) groups excluding carboxylic acids is 3. The number of hydrogen-bond donors (Lipinski definition) is 1. The highest BCUT2D eigenvalue weighted by molar-refractivity contribution is 6.04. The van der Waals surface area contributed by atoms with Crippen LogP contribution in [0.15, 0.2) is 42.5 Å². The van der Waals surface area contributed by atoms with Crippen LogP contribution in [0.1, 0.15) is 42.6 Å². The van der Waals surface area contributed by atoms with Crippen molar-refractivity contribution in [3.63, 3.8) is 0 Å². The monoisotopic (exact) mass is 424 g/mol. The van der Waals surface area contributed by atoms with Crippen molar-refractivity contribution in [3.8, 4) is 11.5 Å². The maximum absolute atomic E-state index is 12.7. The highest BCUT2D eigenvalue weighted by Gasteiger charge is 2.28. The number of fused-ring (bicyclic) bond motifs is 1. The van der Waals surface area contributed by atoms with Crippen molar-refractivity contribution in [2.75, 3.05) is 31.2 Å². The van der Waals surface area contributed by atoms with Gasteiger partial charge >= 0.3 is 0 Å². The van der Waals surface area contributed by atoms with Gasteiger partial charge in [0, 0.05) is 12.1 Å². The van der Waals surface area contributed by atoms with Crippen LogP contribution in [0.25, 0.3) is 0 Å². The number of Topliss-reactive ketones (excluding diaryl/α,β-unsaturated/α-hetero) is 1. The van der Waals surface area contributed by atoms with Gasteiger partial charge in [-0.15, -0.1) is 0 Å². The molecule has 164 valence electrons. The van der Waals surface area contributed by atoms with Crippen molar-refractivity contribution in [1.29, 1.82) is 0 Å². The van der Waals surface area contributed by atoms with Crippen molar-refractivity contribution in [3.05, 3.63) is 53.6 Å². The Morgan fingerprint density at radius 3 is 2.58 bits per heavy atom. The van der Waals surface area contributed by atoms with E-state index in [4.69, 9.17) is 9.47 Å². The lowest BCUT2D eigenvalue weighted by Gasteiger charge is -2.29. The van der Waals surface area contributed by atoms with Gasteiger partial charge in [-0.2, -0.15) is 0 Å². The van der Waals surface area contributed by atoms with Gasteiger partial charge in [-0.05, 0) is 48.7 Å². The third kappa shape index (κ3) is 5.84. The molecule has 1 aliphatic rings. The van der Waals surface area contributed by atoms with Crippen LogP contribution in [-0.4, -0.2) is 43.9 Å². The maximum atomic E-state index is 12.7. The lowest BCUT2D eigenvalue weighted by atomic mass is 10.1. The molecule has 31 heavy (non-hydrogen) atoms. The van der Waals surface area contributed by atoms with Gasteiger partial charge in [-0.3, -0.25) is 19.3 Å². The molecule has 0 bridgehead atoms. The predicted octanol–water partition coefficient (Wildman–Crippen LogP) is 3.15. The molecule has 0 aliphatic carbocycles. The van der Waals surface area contributed by atoms with E-state index in [0.29, 0.717) is 29.3 Å². The quantitative estimate of drug-likeness (QED) is 0.592. The number of ether oxygens (including phenoxy) is 2. The normalized spacial score (nSPS) is 12.7. The fourth-order valence-electron chi connectivity index (χ4n) is 3.29. The van der Waals surface area contributed by atoms with Gasteiger partial charge in [0.1, 0.15) is 18.0 Å². The number of ketones is 1. The van der Waals surface area contributed by atoms with Crippen molar-refractivity contribution in [2.45, 2.75) is 33.1 Å². The molecule has 3 rings (SSSR count). The first kappa shape index (κ1) is 22.3. The van der Waals surface area contributed by atoms with Crippen molar-refractivity contribution >= 4 is 23.3 Å². The number of anilines is 1. The lowest BCUT2D eigenvalue weighted by Crippen LogP contribution is -2.45. The van der Waals surface area contributed by atoms with Crippen LogP contribution in [-0.2, 0) is 16.0 Å². The Labute approximate surface area is 182 Å². The van der Waals surface area contributed by atoms with E-state index in [1.165, 1.54) is 10.5 Å². The molecule has 0 saturated heterocycles. The summed E-state index contributed by atoms with van der Waals surface area (Å²) >= 11 is 0. The van der Waals surface area contributed by atoms with E-state index in [1.54, 1.807) is 18.2 Å². The second-order valence-electron chi connectivity index (χ2n) is 7.41. The van der Waals surface area contributed by atoms with E-state index in [2.05, 4.69) is 12.2 Å². The van der Waals surface area contributed by atoms with E-state index >= 15 is 0 Å². The number of nitrogens with zero attached hydrogens (tertiary/aromatic N) is 1. The summed E-state index contributed by atoms with van der Waals surface area (Å²) < 4.78 is 11.1. The summed E-state index contributed by atoms with van der Waals surface area (Å²) in [5.41, 5.74) is 2.03. The largest absolute Gasteiger partial charge is 0.485 e. The summed E-state index contributed by atoms with van der Waals surface area (Å²) in [6, 6.07) is 12.6. The predicted molar refractivity (Wildman–Crippen MR) is 118 cm³/mol. The van der Waals surface area contributed by atoms with Crippen molar-refractivity contribution in [2.24, 2.45) is 0 Å². The molecule has 7 heteroatoms. The van der Waals surface area contributed by atoms with Gasteiger partial charge in [-0.25, -0.2) is 0 Å². The molecule has 0 radical (unpaired) electrons. The van der Waals surface area contributed by atoms with Crippen LogP contribution < -0.4 is 19.7 Å². The first-order valence-electron chi connectivity index (χ1n) is 10.6. The standard InChI is InChI=1S/C24H28N2O5/c1-3-5-17-6-9-19(10-7-17)30-15-21(27)18-8-11-22-20(13-18)26(24(29)16-31-22)14-23(28)25-12-4-2/h6-11,13H,3-5,12,14-16H2,1-2H3,(H,25,28). The van der Waals surface area contributed by atoms with Crippen molar-refractivity contribution in [1.82, 2.24) is 5.32 Å². The smallest absolute Gasteiger partial charge is 0.265 e. The molecule has 2 amide bonds. The number of benzene rings is 2. The Morgan fingerprint density at radius 2 is 1.87 bits per heavy atom. The molecule has 1 N–H and O–H groups in total. The summed E-state index contributed by atoms with van der Waals surface area (Å²) in [5, 5.41) is 2.76. The molecule has 2 aromatic rings. The Balaban J connectivity index is 1.69. The zero-order valence-electron chi connectivity index (χ0n) is 18.0.